The molecule has 3 aromatic rings. The number of aromatic amines is 1. The second kappa shape index (κ2) is 6.39. The lowest BCUT2D eigenvalue weighted by Gasteiger charge is -2.23. The van der Waals surface area contributed by atoms with Gasteiger partial charge >= 0.3 is 0 Å². The maximum atomic E-state index is 13.1. The number of aryl methyl sites for hydroxylation is 1. The Bertz CT molecular complexity index is 786. The highest BCUT2D eigenvalue weighted by Gasteiger charge is 2.28. The minimum Gasteiger partial charge on any atom is -0.280 e. The fourth-order valence-corrected chi connectivity index (χ4v) is 2.60. The van der Waals surface area contributed by atoms with Crippen molar-refractivity contribution in [1.29, 1.82) is 0 Å². The van der Waals surface area contributed by atoms with Gasteiger partial charge in [0.15, 0.2) is 0 Å². The third kappa shape index (κ3) is 2.96. The topological polar surface area (TPSA) is 74.8 Å². The second-order valence-corrected chi connectivity index (χ2v) is 5.31. The number of nitrogens with one attached hydrogen (secondary N) is 1. The molecule has 0 saturated heterocycles. The molecule has 1 atom stereocenters. The Morgan fingerprint density at radius 1 is 1.09 bits per heavy atom. The minimum atomic E-state index is -0.416. The molecule has 1 N–H and O–H groups in total. The van der Waals surface area contributed by atoms with E-state index in [1.165, 1.54) is 4.90 Å². The molecule has 0 fully saturated rings. The van der Waals surface area contributed by atoms with Crippen molar-refractivity contribution in [2.24, 2.45) is 0 Å². The molecule has 116 valence electrons. The number of H-pyrrole nitrogens is 1. The summed E-state index contributed by atoms with van der Waals surface area (Å²) in [5.74, 6) is -0.266. The molecule has 0 aliphatic carbocycles. The number of rotatable bonds is 4. The molecule has 2 aromatic carbocycles. The van der Waals surface area contributed by atoms with E-state index in [2.05, 4.69) is 20.6 Å². The quantitative estimate of drug-likeness (QED) is 0.802. The van der Waals surface area contributed by atoms with Gasteiger partial charge < -0.3 is 0 Å². The van der Waals surface area contributed by atoms with Gasteiger partial charge in [0.25, 0.3) is 5.95 Å². The number of aromatic nitrogens is 4. The van der Waals surface area contributed by atoms with Crippen LogP contribution in [0.15, 0.2) is 54.6 Å². The van der Waals surface area contributed by atoms with Crippen LogP contribution in [0.1, 0.15) is 22.6 Å². The highest BCUT2D eigenvalue weighted by molar-refractivity contribution is 5.98. The number of hydrogen-bond acceptors (Lipinski definition) is 4. The molecule has 0 saturated carbocycles. The number of tetrazole rings is 1. The van der Waals surface area contributed by atoms with E-state index in [9.17, 15) is 4.79 Å². The number of carbonyl (C=O) groups excluding carboxylic acids is 1. The molecule has 6 heteroatoms. The number of anilines is 1. The van der Waals surface area contributed by atoms with Crippen molar-refractivity contribution >= 4 is 11.9 Å². The molecule has 3 rings (SSSR count). The number of nitrogens with zero attached hydrogens (tertiary/aromatic N) is 4. The summed E-state index contributed by atoms with van der Waals surface area (Å²) in [6.07, 6.45) is 0. The molecule has 0 aliphatic rings. The van der Waals surface area contributed by atoms with Crippen LogP contribution in [0.3, 0.4) is 0 Å². The van der Waals surface area contributed by atoms with Gasteiger partial charge in [-0.05, 0) is 28.8 Å². The van der Waals surface area contributed by atoms with Crippen molar-refractivity contribution < 1.29 is 4.79 Å². The first-order valence-corrected chi connectivity index (χ1v) is 7.30. The fraction of sp³-hybridized carbons (Fsp3) is 0.176. The number of amides is 1. The highest BCUT2D eigenvalue weighted by Crippen LogP contribution is 2.29. The molecule has 6 nitrogen and oxygen atoms in total. The van der Waals surface area contributed by atoms with Gasteiger partial charge in [-0.3, -0.25) is 9.69 Å². The third-order valence-corrected chi connectivity index (χ3v) is 3.84. The number of benzene rings is 2. The van der Waals surface area contributed by atoms with Crippen LogP contribution in [0.25, 0.3) is 0 Å². The van der Waals surface area contributed by atoms with E-state index in [1.807, 2.05) is 61.5 Å². The van der Waals surface area contributed by atoms with Crippen LogP contribution in [0, 0.1) is 6.92 Å². The number of carbonyl (C=O) groups is 1. The molecule has 0 aliphatic heterocycles. The second-order valence-electron chi connectivity index (χ2n) is 5.31. The first-order chi connectivity index (χ1) is 11.2. The maximum Gasteiger partial charge on any atom is 0.272 e. The van der Waals surface area contributed by atoms with Crippen molar-refractivity contribution in [3.63, 3.8) is 0 Å². The van der Waals surface area contributed by atoms with Crippen LogP contribution in [-0.4, -0.2) is 33.6 Å². The third-order valence-electron chi connectivity index (χ3n) is 3.84. The highest BCUT2D eigenvalue weighted by atomic mass is 16.2. The summed E-state index contributed by atoms with van der Waals surface area (Å²) < 4.78 is 0. The molecule has 1 amide bonds. The number of hydrogen-bond donors (Lipinski definition) is 1. The smallest absolute Gasteiger partial charge is 0.272 e. The molecule has 0 bridgehead atoms. The Kier molecular flexibility index (Phi) is 4.14. The summed E-state index contributed by atoms with van der Waals surface area (Å²) in [5.41, 5.74) is 2.97. The van der Waals surface area contributed by atoms with Crippen molar-refractivity contribution in [2.45, 2.75) is 12.8 Å². The lowest BCUT2D eigenvalue weighted by Crippen LogP contribution is -2.33. The van der Waals surface area contributed by atoms with Crippen LogP contribution in [0.4, 0.5) is 5.95 Å². The molecular formula is C17H17N5O. The van der Waals surface area contributed by atoms with E-state index in [-0.39, 0.29) is 11.9 Å². The van der Waals surface area contributed by atoms with Crippen LogP contribution in [0.5, 0.6) is 0 Å². The van der Waals surface area contributed by atoms with E-state index < -0.39 is 5.92 Å². The zero-order chi connectivity index (χ0) is 16.2. The maximum absolute atomic E-state index is 13.1. The molecule has 1 unspecified atom stereocenters. The van der Waals surface area contributed by atoms with Gasteiger partial charge in [0.2, 0.25) is 5.91 Å². The molecule has 1 aromatic heterocycles. The normalized spacial score (nSPS) is 11.9. The zero-order valence-electron chi connectivity index (χ0n) is 13.0. The Labute approximate surface area is 134 Å². The lowest BCUT2D eigenvalue weighted by molar-refractivity contribution is -0.119. The van der Waals surface area contributed by atoms with Gasteiger partial charge in [-0.1, -0.05) is 59.7 Å². The van der Waals surface area contributed by atoms with Crippen LogP contribution < -0.4 is 4.90 Å². The minimum absolute atomic E-state index is 0.105. The van der Waals surface area contributed by atoms with Crippen molar-refractivity contribution in [2.75, 3.05) is 11.9 Å². The first kappa shape index (κ1) is 14.9. The Morgan fingerprint density at radius 3 is 2.43 bits per heavy atom. The molecule has 1 heterocycles. The van der Waals surface area contributed by atoms with Gasteiger partial charge in [-0.15, -0.1) is 5.10 Å². The summed E-state index contributed by atoms with van der Waals surface area (Å²) in [6.45, 7) is 2.01. The van der Waals surface area contributed by atoms with Crippen LogP contribution in [-0.2, 0) is 4.79 Å². The van der Waals surface area contributed by atoms with Gasteiger partial charge in [0, 0.05) is 7.05 Å². The van der Waals surface area contributed by atoms with Gasteiger partial charge in [-0.25, -0.2) is 0 Å². The van der Waals surface area contributed by atoms with Gasteiger partial charge in [-0.2, -0.15) is 5.21 Å². The summed E-state index contributed by atoms with van der Waals surface area (Å²) in [5, 5.41) is 13.7. The lowest BCUT2D eigenvalue weighted by atomic mass is 9.87. The van der Waals surface area contributed by atoms with E-state index in [1.54, 1.807) is 7.05 Å². The van der Waals surface area contributed by atoms with Crippen LogP contribution in [0.2, 0.25) is 0 Å². The van der Waals surface area contributed by atoms with E-state index >= 15 is 0 Å². The monoisotopic (exact) mass is 307 g/mol. The van der Waals surface area contributed by atoms with E-state index in [0.29, 0.717) is 0 Å². The Hall–Kier alpha value is -3.02. The predicted molar refractivity (Wildman–Crippen MR) is 87.1 cm³/mol. The largest absolute Gasteiger partial charge is 0.280 e. The standard InChI is InChI=1S/C17H17N5O/c1-12-8-6-7-11-14(12)15(13-9-4-3-5-10-13)16(23)22(2)17-18-20-21-19-17/h3-11,15H,1-2H3,(H,18,19,20,21). The molecule has 0 radical (unpaired) electrons. The van der Waals surface area contributed by atoms with Crippen LogP contribution >= 0.6 is 0 Å². The van der Waals surface area contributed by atoms with Crippen molar-refractivity contribution in [3.05, 3.63) is 71.3 Å². The van der Waals surface area contributed by atoms with E-state index in [4.69, 9.17) is 0 Å². The average molecular weight is 307 g/mol. The number of likely N-dealkylation sites (N-methyl/N-ethyl adjacent to an activating group) is 1. The van der Waals surface area contributed by atoms with Gasteiger partial charge in [0.05, 0.1) is 5.92 Å². The molecular weight excluding hydrogens is 290 g/mol. The average Bonchev–Trinajstić information content (AvgIpc) is 3.11. The van der Waals surface area contributed by atoms with E-state index in [0.717, 1.165) is 16.7 Å². The predicted octanol–water partition coefficient (Wildman–Crippen LogP) is 2.30. The fourth-order valence-electron chi connectivity index (χ4n) is 2.60. The van der Waals surface area contributed by atoms with Crippen molar-refractivity contribution in [1.82, 2.24) is 20.6 Å². The summed E-state index contributed by atoms with van der Waals surface area (Å²) >= 11 is 0. The Balaban J connectivity index is 2.06. The SMILES string of the molecule is Cc1ccccc1C(C(=O)N(C)c1nn[nH]n1)c1ccccc1. The summed E-state index contributed by atoms with van der Waals surface area (Å²) in [6, 6.07) is 17.6. The van der Waals surface area contributed by atoms with Crippen molar-refractivity contribution in [3.8, 4) is 0 Å². The first-order valence-electron chi connectivity index (χ1n) is 7.30. The summed E-state index contributed by atoms with van der Waals surface area (Å²) in [4.78, 5) is 14.5. The Morgan fingerprint density at radius 2 is 1.78 bits per heavy atom. The molecule has 23 heavy (non-hydrogen) atoms. The van der Waals surface area contributed by atoms with Gasteiger partial charge in [0.1, 0.15) is 0 Å². The molecule has 0 spiro atoms. The summed E-state index contributed by atoms with van der Waals surface area (Å²) in [7, 11) is 1.65. The zero-order valence-corrected chi connectivity index (χ0v) is 13.0.